The van der Waals surface area contributed by atoms with Crippen molar-refractivity contribution in [3.8, 4) is 11.5 Å². The highest BCUT2D eigenvalue weighted by Gasteiger charge is 2.14. The van der Waals surface area contributed by atoms with E-state index in [4.69, 9.17) is 21.1 Å². The molecule has 126 valence electrons. The maximum Gasteiger partial charge on any atom is 0.276 e. The van der Waals surface area contributed by atoms with Crippen molar-refractivity contribution in [1.29, 1.82) is 0 Å². The third-order valence-electron chi connectivity index (χ3n) is 2.92. The van der Waals surface area contributed by atoms with Gasteiger partial charge in [-0.15, -0.1) is 0 Å². The summed E-state index contributed by atoms with van der Waals surface area (Å²) in [5.74, 6) is -1.63. The Hall–Kier alpha value is -2.80. The number of hydrazine groups is 1. The van der Waals surface area contributed by atoms with E-state index in [1.165, 1.54) is 43.5 Å². The van der Waals surface area contributed by atoms with Crippen LogP contribution in [-0.2, 0) is 4.79 Å². The lowest BCUT2D eigenvalue weighted by molar-refractivity contribution is -0.123. The van der Waals surface area contributed by atoms with Gasteiger partial charge in [-0.3, -0.25) is 20.4 Å². The summed E-state index contributed by atoms with van der Waals surface area (Å²) in [7, 11) is 1.39. The highest BCUT2D eigenvalue weighted by atomic mass is 35.5. The van der Waals surface area contributed by atoms with Crippen molar-refractivity contribution in [3.63, 3.8) is 0 Å². The lowest BCUT2D eigenvalue weighted by Gasteiger charge is -2.11. The van der Waals surface area contributed by atoms with Crippen LogP contribution in [0.4, 0.5) is 4.39 Å². The fourth-order valence-electron chi connectivity index (χ4n) is 1.79. The van der Waals surface area contributed by atoms with Crippen molar-refractivity contribution in [2.45, 2.75) is 0 Å². The van der Waals surface area contributed by atoms with Gasteiger partial charge in [-0.1, -0.05) is 23.7 Å². The second-order valence-corrected chi connectivity index (χ2v) is 5.00. The number of hydrogen-bond acceptors (Lipinski definition) is 4. The van der Waals surface area contributed by atoms with Gasteiger partial charge in [0.25, 0.3) is 11.8 Å². The molecule has 0 spiro atoms. The fourth-order valence-corrected chi connectivity index (χ4v) is 1.95. The van der Waals surface area contributed by atoms with Crippen LogP contribution in [0, 0.1) is 5.82 Å². The van der Waals surface area contributed by atoms with Gasteiger partial charge in [0.15, 0.2) is 18.2 Å². The summed E-state index contributed by atoms with van der Waals surface area (Å²) >= 11 is 5.81. The molecule has 0 radical (unpaired) electrons. The molecule has 0 aliphatic heterocycles. The topological polar surface area (TPSA) is 76.7 Å². The first-order valence-electron chi connectivity index (χ1n) is 6.81. The minimum absolute atomic E-state index is 0.0571. The minimum atomic E-state index is -0.653. The highest BCUT2D eigenvalue weighted by molar-refractivity contribution is 6.30. The Morgan fingerprint density at radius 1 is 1.12 bits per heavy atom. The van der Waals surface area contributed by atoms with Gasteiger partial charge in [-0.25, -0.2) is 4.39 Å². The van der Waals surface area contributed by atoms with Gasteiger partial charge in [-0.2, -0.15) is 0 Å². The molecule has 24 heavy (non-hydrogen) atoms. The van der Waals surface area contributed by atoms with Crippen molar-refractivity contribution in [3.05, 3.63) is 58.9 Å². The van der Waals surface area contributed by atoms with Crippen molar-refractivity contribution in [1.82, 2.24) is 10.9 Å². The van der Waals surface area contributed by atoms with Crippen molar-refractivity contribution in [2.75, 3.05) is 13.7 Å². The number of ether oxygens (including phenoxy) is 2. The van der Waals surface area contributed by atoms with Crippen LogP contribution in [-0.4, -0.2) is 25.5 Å². The van der Waals surface area contributed by atoms with Crippen LogP contribution >= 0.6 is 11.6 Å². The zero-order valence-corrected chi connectivity index (χ0v) is 13.4. The molecular formula is C16H14ClFN2O4. The van der Waals surface area contributed by atoms with Gasteiger partial charge in [0.2, 0.25) is 0 Å². The highest BCUT2D eigenvalue weighted by Crippen LogP contribution is 2.22. The predicted octanol–water partition coefficient (Wildman–Crippen LogP) is 2.33. The Labute approximate surface area is 142 Å². The monoisotopic (exact) mass is 352 g/mol. The fraction of sp³-hybridized carbons (Fsp3) is 0.125. The summed E-state index contributed by atoms with van der Waals surface area (Å²) in [6.07, 6.45) is 0. The zero-order valence-electron chi connectivity index (χ0n) is 12.6. The maximum atomic E-state index is 13.3. The SMILES string of the molecule is COc1cc(Cl)ccc1C(=O)NNC(=O)COc1ccccc1F. The standard InChI is InChI=1S/C16H14ClFN2O4/c1-23-14-8-10(17)6-7-11(14)16(22)20-19-15(21)9-24-13-5-3-2-4-12(13)18/h2-8H,9H2,1H3,(H,19,21)(H,20,22). The molecule has 2 N–H and O–H groups in total. The Kier molecular flexibility index (Phi) is 5.97. The van der Waals surface area contributed by atoms with Crippen molar-refractivity contribution in [2.24, 2.45) is 0 Å². The Bertz CT molecular complexity index is 755. The summed E-state index contributed by atoms with van der Waals surface area (Å²) in [6.45, 7) is -0.459. The van der Waals surface area contributed by atoms with E-state index in [1.807, 2.05) is 0 Å². The molecule has 6 nitrogen and oxygen atoms in total. The molecule has 0 unspecified atom stereocenters. The zero-order chi connectivity index (χ0) is 17.5. The van der Waals surface area contributed by atoms with E-state index >= 15 is 0 Å². The van der Waals surface area contributed by atoms with Gasteiger partial charge in [0.05, 0.1) is 12.7 Å². The van der Waals surface area contributed by atoms with Crippen LogP contribution in [0.15, 0.2) is 42.5 Å². The van der Waals surface area contributed by atoms with Gasteiger partial charge in [0, 0.05) is 5.02 Å². The maximum absolute atomic E-state index is 13.3. The number of para-hydroxylation sites is 1. The smallest absolute Gasteiger partial charge is 0.276 e. The first kappa shape index (κ1) is 17.6. The number of methoxy groups -OCH3 is 1. The predicted molar refractivity (Wildman–Crippen MR) is 85.5 cm³/mol. The van der Waals surface area contributed by atoms with Crippen LogP contribution < -0.4 is 20.3 Å². The molecule has 0 bridgehead atoms. The number of amides is 2. The van der Waals surface area contributed by atoms with Crippen LogP contribution in [0.1, 0.15) is 10.4 Å². The largest absolute Gasteiger partial charge is 0.496 e. The molecular weight excluding hydrogens is 339 g/mol. The number of rotatable bonds is 5. The molecule has 0 heterocycles. The number of carbonyl (C=O) groups is 2. The quantitative estimate of drug-likeness (QED) is 0.810. The van der Waals surface area contributed by atoms with Crippen LogP contribution in [0.2, 0.25) is 5.02 Å². The summed E-state index contributed by atoms with van der Waals surface area (Å²) in [5.41, 5.74) is 4.56. The Morgan fingerprint density at radius 2 is 1.88 bits per heavy atom. The van der Waals surface area contributed by atoms with E-state index in [-0.39, 0.29) is 17.1 Å². The first-order chi connectivity index (χ1) is 11.5. The van der Waals surface area contributed by atoms with Crippen LogP contribution in [0.25, 0.3) is 0 Å². The van der Waals surface area contributed by atoms with E-state index < -0.39 is 24.2 Å². The molecule has 0 aliphatic rings. The molecule has 0 saturated carbocycles. The molecule has 2 rings (SSSR count). The Balaban J connectivity index is 1.87. The molecule has 8 heteroatoms. The van der Waals surface area contributed by atoms with Gasteiger partial charge in [-0.05, 0) is 30.3 Å². The molecule has 2 aromatic carbocycles. The molecule has 0 aromatic heterocycles. The van der Waals surface area contributed by atoms with Gasteiger partial charge in [0.1, 0.15) is 5.75 Å². The van der Waals surface area contributed by atoms with E-state index in [9.17, 15) is 14.0 Å². The normalized spacial score (nSPS) is 9.96. The first-order valence-corrected chi connectivity index (χ1v) is 7.19. The van der Waals surface area contributed by atoms with Gasteiger partial charge < -0.3 is 9.47 Å². The third-order valence-corrected chi connectivity index (χ3v) is 3.15. The Morgan fingerprint density at radius 3 is 2.58 bits per heavy atom. The average Bonchev–Trinajstić information content (AvgIpc) is 2.58. The van der Waals surface area contributed by atoms with E-state index in [1.54, 1.807) is 6.07 Å². The van der Waals surface area contributed by atoms with E-state index in [2.05, 4.69) is 10.9 Å². The summed E-state index contributed by atoms with van der Waals surface area (Å²) in [4.78, 5) is 23.7. The number of halogens is 2. The third kappa shape index (κ3) is 4.60. The summed E-state index contributed by atoms with van der Waals surface area (Å²) in [5, 5.41) is 0.408. The van der Waals surface area contributed by atoms with Gasteiger partial charge >= 0.3 is 0 Å². The van der Waals surface area contributed by atoms with Crippen LogP contribution in [0.3, 0.4) is 0 Å². The van der Waals surface area contributed by atoms with E-state index in [0.717, 1.165) is 0 Å². The second kappa shape index (κ2) is 8.16. The molecule has 2 aromatic rings. The molecule has 2 amide bonds. The minimum Gasteiger partial charge on any atom is -0.496 e. The lowest BCUT2D eigenvalue weighted by Crippen LogP contribution is -2.44. The molecule has 0 fully saturated rings. The second-order valence-electron chi connectivity index (χ2n) is 4.57. The number of benzene rings is 2. The average molecular weight is 353 g/mol. The van der Waals surface area contributed by atoms with E-state index in [0.29, 0.717) is 5.02 Å². The number of nitrogens with one attached hydrogen (secondary N) is 2. The summed E-state index contributed by atoms with van der Waals surface area (Å²) < 4.78 is 23.4. The lowest BCUT2D eigenvalue weighted by atomic mass is 10.2. The van der Waals surface area contributed by atoms with Crippen molar-refractivity contribution < 1.29 is 23.5 Å². The number of hydrogen-bond donors (Lipinski definition) is 2. The summed E-state index contributed by atoms with van der Waals surface area (Å²) in [6, 6.07) is 10.1. The molecule has 0 saturated heterocycles. The molecule has 0 atom stereocenters. The number of carbonyl (C=O) groups excluding carboxylic acids is 2. The van der Waals surface area contributed by atoms with Crippen LogP contribution in [0.5, 0.6) is 11.5 Å². The van der Waals surface area contributed by atoms with Crippen molar-refractivity contribution >= 4 is 23.4 Å². The molecule has 0 aliphatic carbocycles.